The molecule has 6 N–H and O–H groups in total. The van der Waals surface area contributed by atoms with Crippen LogP contribution in [0.2, 0.25) is 0 Å². The fraction of sp³-hybridized carbons (Fsp3) is 0.333. The van der Waals surface area contributed by atoms with Crippen molar-refractivity contribution in [3.63, 3.8) is 0 Å². The van der Waals surface area contributed by atoms with Gasteiger partial charge in [-0.3, -0.25) is 19.3 Å². The zero-order valence-corrected chi connectivity index (χ0v) is 19.3. The van der Waals surface area contributed by atoms with Crippen LogP contribution in [-0.4, -0.2) is 43.7 Å². The van der Waals surface area contributed by atoms with Crippen LogP contribution in [0.3, 0.4) is 0 Å². The van der Waals surface area contributed by atoms with E-state index < -0.39 is 34.1 Å². The summed E-state index contributed by atoms with van der Waals surface area (Å²) in [6.07, 6.45) is 2.73. The lowest BCUT2D eigenvalue weighted by Crippen LogP contribution is -2.40. The molecule has 0 spiro atoms. The number of benzene rings is 1. The number of carbonyl (C=O) groups is 2. The number of amides is 1. The van der Waals surface area contributed by atoms with E-state index in [4.69, 9.17) is 11.5 Å². The predicted molar refractivity (Wildman–Crippen MR) is 125 cm³/mol. The second-order valence-electron chi connectivity index (χ2n) is 7.49. The van der Waals surface area contributed by atoms with Crippen molar-refractivity contribution in [2.45, 2.75) is 44.2 Å². The van der Waals surface area contributed by atoms with Gasteiger partial charge in [0.2, 0.25) is 5.91 Å². The summed E-state index contributed by atoms with van der Waals surface area (Å²) in [5.41, 5.74) is 10.9. The van der Waals surface area contributed by atoms with Gasteiger partial charge < -0.3 is 26.1 Å². The minimum absolute atomic E-state index is 0.0598. The largest absolute Gasteiger partial charge is 0.370 e. The molecule has 0 unspecified atom stereocenters. The molecule has 2 aromatic rings. The van der Waals surface area contributed by atoms with Gasteiger partial charge in [0.15, 0.2) is 5.96 Å². The minimum Gasteiger partial charge on any atom is -0.370 e. The van der Waals surface area contributed by atoms with E-state index in [-0.39, 0.29) is 16.5 Å². The third kappa shape index (κ3) is 7.45. The van der Waals surface area contributed by atoms with Crippen molar-refractivity contribution in [2.75, 3.05) is 11.3 Å². The number of anilines is 1. The van der Waals surface area contributed by atoms with Crippen LogP contribution < -0.4 is 27.1 Å². The Labute approximate surface area is 191 Å². The Kier molecular flexibility index (Phi) is 8.74. The smallest absolute Gasteiger partial charge is 0.275 e. The molecular formula is C21H28N6O5S. The van der Waals surface area contributed by atoms with E-state index in [0.29, 0.717) is 31.2 Å². The number of aliphatic imine (C=N–C) groups is 1. The van der Waals surface area contributed by atoms with E-state index in [2.05, 4.69) is 15.0 Å². The van der Waals surface area contributed by atoms with Gasteiger partial charge in [-0.25, -0.2) is 8.42 Å². The molecule has 0 bridgehead atoms. The summed E-state index contributed by atoms with van der Waals surface area (Å²) in [5, 5.41) is 2.52. The number of carbonyl (C=O) groups excluding carboxylic acids is 2. The summed E-state index contributed by atoms with van der Waals surface area (Å²) in [7, 11) is -4.01. The molecule has 0 radical (unpaired) electrons. The molecule has 0 aliphatic rings. The van der Waals surface area contributed by atoms with Crippen LogP contribution in [0.5, 0.6) is 0 Å². The van der Waals surface area contributed by atoms with E-state index in [1.165, 1.54) is 24.4 Å². The Morgan fingerprint density at radius 3 is 2.64 bits per heavy atom. The average molecular weight is 477 g/mol. The highest BCUT2D eigenvalue weighted by molar-refractivity contribution is 7.92. The zero-order chi connectivity index (χ0) is 24.6. The third-order valence-corrected chi connectivity index (χ3v) is 6.20. The Bertz CT molecular complexity index is 1200. The molecule has 2 rings (SSSR count). The van der Waals surface area contributed by atoms with Crippen LogP contribution in [0.1, 0.15) is 24.0 Å². The lowest BCUT2D eigenvalue weighted by molar-refractivity contribution is -0.124. The number of rotatable bonds is 11. The lowest BCUT2D eigenvalue weighted by atomic mass is 10.2. The Balaban J connectivity index is 2.11. The van der Waals surface area contributed by atoms with E-state index >= 15 is 0 Å². The van der Waals surface area contributed by atoms with Crippen LogP contribution in [-0.2, 0) is 26.2 Å². The molecule has 33 heavy (non-hydrogen) atoms. The predicted octanol–water partition coefficient (Wildman–Crippen LogP) is 0.00324. The van der Waals surface area contributed by atoms with Crippen LogP contribution >= 0.6 is 0 Å². The summed E-state index contributed by atoms with van der Waals surface area (Å²) in [6.45, 7) is 3.34. The summed E-state index contributed by atoms with van der Waals surface area (Å²) in [4.78, 5) is 40.2. The monoisotopic (exact) mass is 476 g/mol. The first kappa shape index (κ1) is 25.6. The molecule has 0 aliphatic heterocycles. The molecule has 1 aromatic heterocycles. The van der Waals surface area contributed by atoms with Crippen LogP contribution in [0, 0.1) is 13.8 Å². The van der Waals surface area contributed by atoms with Crippen LogP contribution in [0.25, 0.3) is 0 Å². The van der Waals surface area contributed by atoms with Gasteiger partial charge in [-0.05, 0) is 56.0 Å². The van der Waals surface area contributed by atoms with Gasteiger partial charge in [0.05, 0.1) is 10.9 Å². The topological polar surface area (TPSA) is 179 Å². The molecule has 12 heteroatoms. The first-order chi connectivity index (χ1) is 15.5. The highest BCUT2D eigenvalue weighted by Gasteiger charge is 2.20. The molecule has 1 aromatic carbocycles. The van der Waals surface area contributed by atoms with Crippen molar-refractivity contribution >= 4 is 33.9 Å². The number of guanidine groups is 1. The number of hydrogen-bond acceptors (Lipinski definition) is 6. The summed E-state index contributed by atoms with van der Waals surface area (Å²) in [5.74, 6) is -0.639. The SMILES string of the molecule is Cc1ccc(C)c(S(=O)(=O)Nc2cccn(CC(=O)N[C@H](C=O)CCCN=C(N)N)c2=O)c1. The maximum atomic E-state index is 12.8. The van der Waals surface area contributed by atoms with Gasteiger partial charge in [-0.15, -0.1) is 0 Å². The van der Waals surface area contributed by atoms with Gasteiger partial charge in [0, 0.05) is 12.7 Å². The van der Waals surface area contributed by atoms with Gasteiger partial charge >= 0.3 is 0 Å². The molecule has 1 heterocycles. The van der Waals surface area contributed by atoms with E-state index in [9.17, 15) is 22.8 Å². The van der Waals surface area contributed by atoms with Gasteiger partial charge in [0.25, 0.3) is 15.6 Å². The molecule has 0 fully saturated rings. The molecule has 0 saturated heterocycles. The summed E-state index contributed by atoms with van der Waals surface area (Å²) in [6, 6.07) is 6.97. The van der Waals surface area contributed by atoms with Crippen molar-refractivity contribution in [1.82, 2.24) is 9.88 Å². The van der Waals surface area contributed by atoms with Crippen molar-refractivity contribution in [3.05, 3.63) is 58.0 Å². The Morgan fingerprint density at radius 2 is 1.97 bits per heavy atom. The quantitative estimate of drug-likeness (QED) is 0.152. The molecule has 0 aliphatic carbocycles. The number of aldehydes is 1. The number of aromatic nitrogens is 1. The van der Waals surface area contributed by atoms with Gasteiger partial charge in [0.1, 0.15) is 18.5 Å². The fourth-order valence-electron chi connectivity index (χ4n) is 3.04. The highest BCUT2D eigenvalue weighted by atomic mass is 32.2. The van der Waals surface area contributed by atoms with Crippen molar-refractivity contribution in [2.24, 2.45) is 16.5 Å². The number of nitrogens with zero attached hydrogens (tertiary/aromatic N) is 2. The molecule has 1 amide bonds. The van der Waals surface area contributed by atoms with Gasteiger partial charge in [-0.2, -0.15) is 0 Å². The summed E-state index contributed by atoms with van der Waals surface area (Å²) >= 11 is 0. The van der Waals surface area contributed by atoms with Gasteiger partial charge in [-0.1, -0.05) is 12.1 Å². The molecule has 1 atom stereocenters. The number of sulfonamides is 1. The second-order valence-corrected chi connectivity index (χ2v) is 9.14. The first-order valence-corrected chi connectivity index (χ1v) is 11.6. The molecule has 11 nitrogen and oxygen atoms in total. The maximum absolute atomic E-state index is 12.8. The van der Waals surface area contributed by atoms with Crippen molar-refractivity contribution in [1.29, 1.82) is 0 Å². The number of nitrogens with two attached hydrogens (primary N) is 2. The molecule has 0 saturated carbocycles. The van der Waals surface area contributed by atoms with Crippen LogP contribution in [0.15, 0.2) is 51.2 Å². The van der Waals surface area contributed by atoms with E-state index in [1.54, 1.807) is 26.0 Å². The molecular weight excluding hydrogens is 448 g/mol. The van der Waals surface area contributed by atoms with Crippen LogP contribution in [0.4, 0.5) is 5.69 Å². The zero-order valence-electron chi connectivity index (χ0n) is 18.4. The second kappa shape index (κ2) is 11.3. The van der Waals surface area contributed by atoms with Crippen molar-refractivity contribution in [3.8, 4) is 0 Å². The summed E-state index contributed by atoms with van der Waals surface area (Å²) < 4.78 is 29.0. The first-order valence-electron chi connectivity index (χ1n) is 10.1. The maximum Gasteiger partial charge on any atom is 0.275 e. The fourth-order valence-corrected chi connectivity index (χ4v) is 4.42. The number of aryl methyl sites for hydroxylation is 2. The Hall–Kier alpha value is -3.67. The number of hydrogen-bond donors (Lipinski definition) is 4. The minimum atomic E-state index is -4.01. The van der Waals surface area contributed by atoms with Crippen molar-refractivity contribution < 1.29 is 18.0 Å². The Morgan fingerprint density at radius 1 is 1.24 bits per heavy atom. The lowest BCUT2D eigenvalue weighted by Gasteiger charge is -2.14. The number of nitrogens with one attached hydrogen (secondary N) is 2. The number of pyridine rings is 1. The normalized spacial score (nSPS) is 11.9. The van der Waals surface area contributed by atoms with E-state index in [0.717, 1.165) is 10.1 Å². The average Bonchev–Trinajstić information content (AvgIpc) is 2.74. The standard InChI is InChI=1S/C21H28N6O5S/c1-14-7-8-15(2)18(11-14)33(31,32)26-17-6-4-10-27(20(17)30)12-19(29)25-16(13-28)5-3-9-24-21(22)23/h4,6-8,10-11,13,16,26H,3,5,9,12H2,1-2H3,(H,25,29)(H4,22,23,24)/t16-/m0/s1. The third-order valence-electron chi connectivity index (χ3n) is 4.69. The molecule has 178 valence electrons. The van der Waals surface area contributed by atoms with E-state index in [1.807, 2.05) is 0 Å². The highest BCUT2D eigenvalue weighted by Crippen LogP contribution is 2.19.